The molecule has 0 aromatic heterocycles. The lowest BCUT2D eigenvalue weighted by molar-refractivity contribution is -0.136. The van der Waals surface area contributed by atoms with Gasteiger partial charge in [0.05, 0.1) is 13.5 Å². The zero-order valence-corrected chi connectivity index (χ0v) is 16.7. The Hall–Kier alpha value is -2.82. The molecule has 5 heteroatoms. The molecule has 0 spiro atoms. The standard InChI is InChI=1S/C23H27NO4/c1-4-24(15(2)25)14-19-13-18(17-6-7-17)8-9-20(19)21-11-16(12-23(26)27)5-10-22(21)28-3/h5,8-11,13,17H,4,6-7,12,14H2,1-3H3,(H,26,27). The largest absolute Gasteiger partial charge is 0.496 e. The summed E-state index contributed by atoms with van der Waals surface area (Å²) < 4.78 is 5.56. The van der Waals surface area contributed by atoms with Crippen molar-refractivity contribution in [1.29, 1.82) is 0 Å². The van der Waals surface area contributed by atoms with E-state index in [-0.39, 0.29) is 12.3 Å². The number of rotatable bonds is 8. The summed E-state index contributed by atoms with van der Waals surface area (Å²) in [5.41, 5.74) is 4.93. The molecule has 5 nitrogen and oxygen atoms in total. The van der Waals surface area contributed by atoms with Crippen molar-refractivity contribution < 1.29 is 19.4 Å². The minimum atomic E-state index is -0.867. The van der Waals surface area contributed by atoms with Gasteiger partial charge in [0.2, 0.25) is 5.91 Å². The molecule has 3 rings (SSSR count). The van der Waals surface area contributed by atoms with Gasteiger partial charge in [-0.1, -0.05) is 24.3 Å². The highest BCUT2D eigenvalue weighted by Crippen LogP contribution is 2.42. The van der Waals surface area contributed by atoms with Gasteiger partial charge in [-0.15, -0.1) is 0 Å². The van der Waals surface area contributed by atoms with E-state index in [2.05, 4.69) is 18.2 Å². The summed E-state index contributed by atoms with van der Waals surface area (Å²) in [7, 11) is 1.61. The number of amides is 1. The number of carboxylic acids is 1. The number of carboxylic acid groups (broad SMARTS) is 1. The second kappa shape index (κ2) is 8.46. The van der Waals surface area contributed by atoms with E-state index in [1.165, 1.54) is 18.4 Å². The maximum atomic E-state index is 12.0. The van der Waals surface area contributed by atoms with Crippen LogP contribution in [-0.2, 0) is 22.6 Å². The van der Waals surface area contributed by atoms with Gasteiger partial charge in [-0.2, -0.15) is 0 Å². The Kier molecular flexibility index (Phi) is 6.02. The number of benzene rings is 2. The molecule has 1 saturated carbocycles. The van der Waals surface area contributed by atoms with Gasteiger partial charge in [-0.05, 0) is 60.1 Å². The second-order valence-corrected chi connectivity index (χ2v) is 7.33. The molecular formula is C23H27NO4. The van der Waals surface area contributed by atoms with E-state index < -0.39 is 5.97 Å². The van der Waals surface area contributed by atoms with Crippen LogP contribution in [0, 0.1) is 0 Å². The molecular weight excluding hydrogens is 354 g/mol. The van der Waals surface area contributed by atoms with Crippen LogP contribution in [0.4, 0.5) is 0 Å². The van der Waals surface area contributed by atoms with Crippen LogP contribution in [0.3, 0.4) is 0 Å². The molecule has 0 atom stereocenters. The van der Waals surface area contributed by atoms with Crippen molar-refractivity contribution in [1.82, 2.24) is 4.90 Å². The van der Waals surface area contributed by atoms with Crippen molar-refractivity contribution in [3.63, 3.8) is 0 Å². The predicted octanol–water partition coefficient (Wildman–Crippen LogP) is 4.24. The fraction of sp³-hybridized carbons (Fsp3) is 0.391. The fourth-order valence-electron chi connectivity index (χ4n) is 3.58. The van der Waals surface area contributed by atoms with Crippen LogP contribution in [0.2, 0.25) is 0 Å². The van der Waals surface area contributed by atoms with E-state index in [1.54, 1.807) is 20.1 Å². The zero-order valence-electron chi connectivity index (χ0n) is 16.7. The number of methoxy groups -OCH3 is 1. The van der Waals surface area contributed by atoms with Gasteiger partial charge in [0.15, 0.2) is 0 Å². The molecule has 2 aromatic carbocycles. The van der Waals surface area contributed by atoms with Crippen LogP contribution in [0.25, 0.3) is 11.1 Å². The van der Waals surface area contributed by atoms with Crippen molar-refractivity contribution >= 4 is 11.9 Å². The van der Waals surface area contributed by atoms with Crippen LogP contribution in [0.1, 0.15) is 49.3 Å². The summed E-state index contributed by atoms with van der Waals surface area (Å²) in [4.78, 5) is 24.9. The van der Waals surface area contributed by atoms with E-state index >= 15 is 0 Å². The quantitative estimate of drug-likeness (QED) is 0.743. The maximum absolute atomic E-state index is 12.0. The van der Waals surface area contributed by atoms with E-state index in [9.17, 15) is 9.59 Å². The minimum absolute atomic E-state index is 0.0388. The van der Waals surface area contributed by atoms with Crippen molar-refractivity contribution in [3.05, 3.63) is 53.1 Å². The molecule has 0 bridgehead atoms. The summed E-state index contributed by atoms with van der Waals surface area (Å²) in [6.07, 6.45) is 2.38. The first kappa shape index (κ1) is 19.9. The zero-order chi connectivity index (χ0) is 20.3. The maximum Gasteiger partial charge on any atom is 0.307 e. The summed E-state index contributed by atoms with van der Waals surface area (Å²) in [5, 5.41) is 9.15. The van der Waals surface area contributed by atoms with E-state index in [0.29, 0.717) is 24.8 Å². The second-order valence-electron chi connectivity index (χ2n) is 7.33. The summed E-state index contributed by atoms with van der Waals surface area (Å²) in [6, 6.07) is 11.9. The van der Waals surface area contributed by atoms with Gasteiger partial charge in [0.25, 0.3) is 0 Å². The highest BCUT2D eigenvalue weighted by Gasteiger charge is 2.25. The minimum Gasteiger partial charge on any atom is -0.496 e. The predicted molar refractivity (Wildman–Crippen MR) is 109 cm³/mol. The molecule has 1 aliphatic carbocycles. The molecule has 0 aliphatic heterocycles. The number of carbonyl (C=O) groups is 2. The molecule has 28 heavy (non-hydrogen) atoms. The van der Waals surface area contributed by atoms with E-state index in [1.807, 2.05) is 24.0 Å². The van der Waals surface area contributed by atoms with Crippen molar-refractivity contribution in [3.8, 4) is 16.9 Å². The third kappa shape index (κ3) is 4.53. The van der Waals surface area contributed by atoms with Gasteiger partial charge in [0.1, 0.15) is 5.75 Å². The lowest BCUT2D eigenvalue weighted by Crippen LogP contribution is -2.28. The summed E-state index contributed by atoms with van der Waals surface area (Å²) >= 11 is 0. The van der Waals surface area contributed by atoms with Gasteiger partial charge >= 0.3 is 5.97 Å². The first-order valence-electron chi connectivity index (χ1n) is 9.70. The monoisotopic (exact) mass is 381 g/mol. The van der Waals surface area contributed by atoms with Crippen LogP contribution < -0.4 is 4.74 Å². The van der Waals surface area contributed by atoms with Crippen LogP contribution in [0.5, 0.6) is 5.75 Å². The first-order chi connectivity index (χ1) is 13.4. The number of nitrogens with zero attached hydrogens (tertiary/aromatic N) is 1. The number of aliphatic carboxylic acids is 1. The average molecular weight is 381 g/mol. The van der Waals surface area contributed by atoms with Crippen molar-refractivity contribution in [2.45, 2.75) is 45.6 Å². The normalized spacial score (nSPS) is 13.2. The van der Waals surface area contributed by atoms with Gasteiger partial charge in [-0.25, -0.2) is 0 Å². The lowest BCUT2D eigenvalue weighted by atomic mass is 9.93. The number of ether oxygens (including phenoxy) is 1. The average Bonchev–Trinajstić information content (AvgIpc) is 3.50. The summed E-state index contributed by atoms with van der Waals surface area (Å²) in [5.74, 6) is 0.479. The van der Waals surface area contributed by atoms with Crippen LogP contribution >= 0.6 is 0 Å². The number of hydrogen-bond donors (Lipinski definition) is 1. The van der Waals surface area contributed by atoms with E-state index in [0.717, 1.165) is 22.3 Å². The smallest absolute Gasteiger partial charge is 0.307 e. The highest BCUT2D eigenvalue weighted by atomic mass is 16.5. The Labute approximate surface area is 165 Å². The molecule has 2 aromatic rings. The van der Waals surface area contributed by atoms with Gasteiger partial charge in [-0.3, -0.25) is 9.59 Å². The Morgan fingerprint density at radius 2 is 1.89 bits per heavy atom. The first-order valence-corrected chi connectivity index (χ1v) is 9.70. The molecule has 0 heterocycles. The van der Waals surface area contributed by atoms with Crippen molar-refractivity contribution in [2.75, 3.05) is 13.7 Å². The third-order valence-corrected chi connectivity index (χ3v) is 5.28. The summed E-state index contributed by atoms with van der Waals surface area (Å²) in [6.45, 7) is 4.72. The van der Waals surface area contributed by atoms with Gasteiger partial charge in [0, 0.05) is 25.6 Å². The van der Waals surface area contributed by atoms with E-state index in [4.69, 9.17) is 9.84 Å². The SMILES string of the molecule is CCN(Cc1cc(C2CC2)ccc1-c1cc(CC(=O)O)ccc1OC)C(C)=O. The molecule has 1 aliphatic rings. The third-order valence-electron chi connectivity index (χ3n) is 5.28. The molecule has 1 fully saturated rings. The molecule has 1 amide bonds. The molecule has 1 N–H and O–H groups in total. The Bertz CT molecular complexity index is 886. The highest BCUT2D eigenvalue weighted by molar-refractivity contribution is 5.78. The Morgan fingerprint density at radius 1 is 1.14 bits per heavy atom. The molecule has 0 unspecified atom stereocenters. The van der Waals surface area contributed by atoms with Crippen LogP contribution in [-0.4, -0.2) is 35.5 Å². The topological polar surface area (TPSA) is 66.8 Å². The molecule has 0 radical (unpaired) electrons. The number of carbonyl (C=O) groups excluding carboxylic acids is 1. The fourth-order valence-corrected chi connectivity index (χ4v) is 3.58. The molecule has 0 saturated heterocycles. The number of hydrogen-bond acceptors (Lipinski definition) is 3. The van der Waals surface area contributed by atoms with Crippen molar-refractivity contribution in [2.24, 2.45) is 0 Å². The molecule has 148 valence electrons. The van der Waals surface area contributed by atoms with Gasteiger partial charge < -0.3 is 14.7 Å². The Morgan fingerprint density at radius 3 is 2.46 bits per heavy atom. The lowest BCUT2D eigenvalue weighted by Gasteiger charge is -2.22. The van der Waals surface area contributed by atoms with Crippen LogP contribution in [0.15, 0.2) is 36.4 Å². The Balaban J connectivity index is 2.09.